The zero-order valence-electron chi connectivity index (χ0n) is 14.4. The molecule has 9 heteroatoms. The predicted molar refractivity (Wildman–Crippen MR) is 98.2 cm³/mol. The van der Waals surface area contributed by atoms with Crippen LogP contribution < -0.4 is 15.4 Å². The first-order valence-corrected chi connectivity index (χ1v) is 9.52. The Balaban J connectivity index is 1.85. The van der Waals surface area contributed by atoms with Gasteiger partial charge in [0.25, 0.3) is 0 Å². The molecule has 1 heterocycles. The number of aromatic nitrogens is 1. The van der Waals surface area contributed by atoms with Gasteiger partial charge in [-0.15, -0.1) is 0 Å². The van der Waals surface area contributed by atoms with Crippen molar-refractivity contribution in [3.05, 3.63) is 54.4 Å². The maximum absolute atomic E-state index is 12.1. The van der Waals surface area contributed by atoms with Gasteiger partial charge in [-0.3, -0.25) is 4.98 Å². The van der Waals surface area contributed by atoms with Crippen LogP contribution in [-0.4, -0.2) is 39.7 Å². The van der Waals surface area contributed by atoms with Crippen LogP contribution in [0.25, 0.3) is 0 Å². The van der Waals surface area contributed by atoms with E-state index in [1.807, 2.05) is 0 Å². The van der Waals surface area contributed by atoms with E-state index in [0.29, 0.717) is 31.8 Å². The number of pyridine rings is 1. The number of urea groups is 1. The Morgan fingerprint density at radius 2 is 1.81 bits per heavy atom. The van der Waals surface area contributed by atoms with Gasteiger partial charge in [0.2, 0.25) is 10.0 Å². The summed E-state index contributed by atoms with van der Waals surface area (Å²) in [5, 5.41) is 5.37. The van der Waals surface area contributed by atoms with Crippen molar-refractivity contribution in [3.63, 3.8) is 0 Å². The molecule has 2 aromatic rings. The van der Waals surface area contributed by atoms with E-state index in [2.05, 4.69) is 20.3 Å². The van der Waals surface area contributed by atoms with Gasteiger partial charge in [-0.05, 0) is 48.4 Å². The fourth-order valence-electron chi connectivity index (χ4n) is 2.08. The van der Waals surface area contributed by atoms with Crippen LogP contribution >= 0.6 is 0 Å². The zero-order chi connectivity index (χ0) is 18.8. The van der Waals surface area contributed by atoms with Gasteiger partial charge in [0, 0.05) is 44.9 Å². The van der Waals surface area contributed by atoms with E-state index < -0.39 is 10.0 Å². The molecule has 2 rings (SSSR count). The van der Waals surface area contributed by atoms with Crippen molar-refractivity contribution >= 4 is 21.7 Å². The van der Waals surface area contributed by atoms with Crippen molar-refractivity contribution in [1.82, 2.24) is 15.0 Å². The van der Waals surface area contributed by atoms with Crippen LogP contribution in [0.3, 0.4) is 0 Å². The highest BCUT2D eigenvalue weighted by atomic mass is 32.2. The van der Waals surface area contributed by atoms with Crippen LogP contribution in [0.2, 0.25) is 0 Å². The molecule has 0 radical (unpaired) electrons. The molecule has 26 heavy (non-hydrogen) atoms. The molecule has 8 nitrogen and oxygen atoms in total. The fourth-order valence-corrected chi connectivity index (χ4v) is 3.16. The first kappa shape index (κ1) is 19.8. The number of sulfonamides is 1. The van der Waals surface area contributed by atoms with Crippen molar-refractivity contribution in [3.8, 4) is 0 Å². The number of hydrogen-bond donors (Lipinski definition) is 3. The molecule has 1 aromatic carbocycles. The lowest BCUT2D eigenvalue weighted by Crippen LogP contribution is -2.28. The van der Waals surface area contributed by atoms with E-state index in [-0.39, 0.29) is 10.9 Å². The number of carbonyl (C=O) groups excluding carboxylic acids is 1. The minimum Gasteiger partial charge on any atom is -0.385 e. The summed E-state index contributed by atoms with van der Waals surface area (Å²) in [6, 6.07) is 9.19. The predicted octanol–water partition coefficient (Wildman–Crippen LogP) is 1.72. The standard InChI is InChI=1S/C17H22N4O4S/c1-25-12-2-9-20-26(23,24)16-5-3-15(4-6-16)21-17(22)19-13-14-7-10-18-11-8-14/h3-8,10-11,20H,2,9,12-13H2,1H3,(H2,19,21,22). The molecular weight excluding hydrogens is 356 g/mol. The SMILES string of the molecule is COCCCNS(=O)(=O)c1ccc(NC(=O)NCc2ccncc2)cc1. The fraction of sp³-hybridized carbons (Fsp3) is 0.294. The van der Waals surface area contributed by atoms with Crippen molar-refractivity contribution in [2.75, 3.05) is 25.6 Å². The lowest BCUT2D eigenvalue weighted by atomic mass is 10.3. The summed E-state index contributed by atoms with van der Waals surface area (Å²) < 4.78 is 31.6. The smallest absolute Gasteiger partial charge is 0.319 e. The highest BCUT2D eigenvalue weighted by molar-refractivity contribution is 7.89. The molecule has 0 saturated heterocycles. The van der Waals surface area contributed by atoms with E-state index in [1.54, 1.807) is 31.6 Å². The van der Waals surface area contributed by atoms with E-state index in [4.69, 9.17) is 4.74 Å². The molecule has 0 aliphatic heterocycles. The summed E-state index contributed by atoms with van der Waals surface area (Å²) in [5.41, 5.74) is 1.42. The van der Waals surface area contributed by atoms with Crippen molar-refractivity contribution in [2.24, 2.45) is 0 Å². The average Bonchev–Trinajstić information content (AvgIpc) is 2.65. The lowest BCUT2D eigenvalue weighted by Gasteiger charge is -2.09. The maximum atomic E-state index is 12.1. The van der Waals surface area contributed by atoms with Crippen LogP contribution in [0, 0.1) is 0 Å². The van der Waals surface area contributed by atoms with E-state index in [1.165, 1.54) is 24.3 Å². The first-order chi connectivity index (χ1) is 12.5. The summed E-state index contributed by atoms with van der Waals surface area (Å²) in [4.78, 5) is 15.9. The number of amides is 2. The third-order valence-electron chi connectivity index (χ3n) is 3.44. The van der Waals surface area contributed by atoms with Crippen molar-refractivity contribution in [1.29, 1.82) is 0 Å². The Hall–Kier alpha value is -2.49. The largest absolute Gasteiger partial charge is 0.385 e. The molecule has 0 aliphatic rings. The number of methoxy groups -OCH3 is 1. The minimum atomic E-state index is -3.57. The number of nitrogens with zero attached hydrogens (tertiary/aromatic N) is 1. The van der Waals surface area contributed by atoms with Gasteiger partial charge in [0.1, 0.15) is 0 Å². The third-order valence-corrected chi connectivity index (χ3v) is 4.92. The number of nitrogens with one attached hydrogen (secondary N) is 3. The Kier molecular flexibility index (Phi) is 7.52. The molecule has 0 atom stereocenters. The Morgan fingerprint density at radius 3 is 2.46 bits per heavy atom. The molecule has 0 aliphatic carbocycles. The number of rotatable bonds is 9. The number of benzene rings is 1. The molecule has 140 valence electrons. The number of ether oxygens (including phenoxy) is 1. The average molecular weight is 378 g/mol. The Bertz CT molecular complexity index is 795. The van der Waals surface area contributed by atoms with Crippen LogP contribution in [0.15, 0.2) is 53.7 Å². The quantitative estimate of drug-likeness (QED) is 0.576. The maximum Gasteiger partial charge on any atom is 0.319 e. The van der Waals surface area contributed by atoms with Gasteiger partial charge in [0.05, 0.1) is 4.90 Å². The highest BCUT2D eigenvalue weighted by Crippen LogP contribution is 2.14. The Labute approximate surface area is 153 Å². The summed E-state index contributed by atoms with van der Waals surface area (Å²) in [7, 11) is -2.01. The van der Waals surface area contributed by atoms with Crippen LogP contribution in [0.4, 0.5) is 10.5 Å². The second-order valence-corrected chi connectivity index (χ2v) is 7.20. The molecule has 0 spiro atoms. The summed E-state index contributed by atoms with van der Waals surface area (Å²) >= 11 is 0. The monoisotopic (exact) mass is 378 g/mol. The van der Waals surface area contributed by atoms with Crippen LogP contribution in [0.5, 0.6) is 0 Å². The second kappa shape index (κ2) is 9.85. The number of carbonyl (C=O) groups is 1. The first-order valence-electron chi connectivity index (χ1n) is 8.04. The van der Waals surface area contributed by atoms with Gasteiger partial charge in [-0.25, -0.2) is 17.9 Å². The topological polar surface area (TPSA) is 109 Å². The normalized spacial score (nSPS) is 11.1. The lowest BCUT2D eigenvalue weighted by molar-refractivity contribution is 0.196. The summed E-state index contributed by atoms with van der Waals surface area (Å²) in [6.45, 7) is 1.15. The number of hydrogen-bond acceptors (Lipinski definition) is 5. The van der Waals surface area contributed by atoms with E-state index >= 15 is 0 Å². The zero-order valence-corrected chi connectivity index (χ0v) is 15.3. The summed E-state index contributed by atoms with van der Waals surface area (Å²) in [6.07, 6.45) is 3.89. The van der Waals surface area contributed by atoms with Gasteiger partial charge in [-0.2, -0.15) is 0 Å². The van der Waals surface area contributed by atoms with Gasteiger partial charge in [-0.1, -0.05) is 0 Å². The van der Waals surface area contributed by atoms with Crippen LogP contribution in [-0.2, 0) is 21.3 Å². The second-order valence-electron chi connectivity index (χ2n) is 5.43. The molecule has 0 saturated carbocycles. The highest BCUT2D eigenvalue weighted by Gasteiger charge is 2.13. The molecule has 0 fully saturated rings. The van der Waals surface area contributed by atoms with E-state index in [0.717, 1.165) is 5.56 Å². The minimum absolute atomic E-state index is 0.137. The molecule has 0 bridgehead atoms. The van der Waals surface area contributed by atoms with Gasteiger partial charge in [0.15, 0.2) is 0 Å². The molecule has 0 unspecified atom stereocenters. The van der Waals surface area contributed by atoms with Crippen molar-refractivity contribution < 1.29 is 17.9 Å². The Morgan fingerprint density at radius 1 is 1.12 bits per heavy atom. The number of anilines is 1. The van der Waals surface area contributed by atoms with E-state index in [9.17, 15) is 13.2 Å². The summed E-state index contributed by atoms with van der Waals surface area (Å²) in [5.74, 6) is 0. The molecule has 2 amide bonds. The van der Waals surface area contributed by atoms with Gasteiger partial charge >= 0.3 is 6.03 Å². The molecule has 3 N–H and O–H groups in total. The van der Waals surface area contributed by atoms with Gasteiger partial charge < -0.3 is 15.4 Å². The van der Waals surface area contributed by atoms with Crippen LogP contribution in [0.1, 0.15) is 12.0 Å². The third kappa shape index (κ3) is 6.43. The molecule has 1 aromatic heterocycles. The van der Waals surface area contributed by atoms with Crippen molar-refractivity contribution in [2.45, 2.75) is 17.9 Å². The molecular formula is C17H22N4O4S.